The van der Waals surface area contributed by atoms with E-state index in [2.05, 4.69) is 52.9 Å². The zero-order chi connectivity index (χ0) is 13.2. The van der Waals surface area contributed by atoms with Gasteiger partial charge in [0.05, 0.1) is 5.69 Å². The van der Waals surface area contributed by atoms with Crippen molar-refractivity contribution >= 4 is 11.5 Å². The van der Waals surface area contributed by atoms with Crippen LogP contribution in [-0.2, 0) is 6.54 Å². The molecule has 4 heteroatoms. The van der Waals surface area contributed by atoms with E-state index in [1.807, 2.05) is 0 Å². The third kappa shape index (κ3) is 2.32. The van der Waals surface area contributed by atoms with Crippen molar-refractivity contribution in [3.8, 4) is 0 Å². The van der Waals surface area contributed by atoms with Crippen LogP contribution >= 0.6 is 0 Å². The van der Waals surface area contributed by atoms with Gasteiger partial charge in [-0.15, -0.1) is 0 Å². The highest BCUT2D eigenvalue weighted by Crippen LogP contribution is 2.33. The molecule has 0 aliphatic heterocycles. The molecule has 1 aliphatic carbocycles. The topological polar surface area (TPSA) is 32.6 Å². The first kappa shape index (κ1) is 12.5. The van der Waals surface area contributed by atoms with Gasteiger partial charge in [0.25, 0.3) is 0 Å². The number of rotatable bonds is 6. The van der Waals surface area contributed by atoms with Crippen LogP contribution in [0.15, 0.2) is 24.4 Å². The quantitative estimate of drug-likeness (QED) is 0.863. The Bertz CT molecular complexity index is 556. The van der Waals surface area contributed by atoms with Crippen molar-refractivity contribution in [3.05, 3.63) is 30.1 Å². The summed E-state index contributed by atoms with van der Waals surface area (Å²) in [5, 5.41) is 3.43. The van der Waals surface area contributed by atoms with Crippen LogP contribution in [0.4, 0.5) is 5.82 Å². The van der Waals surface area contributed by atoms with Crippen LogP contribution in [0, 0.1) is 0 Å². The number of imidazole rings is 1. The van der Waals surface area contributed by atoms with Crippen molar-refractivity contribution < 1.29 is 0 Å². The molecule has 0 bridgehead atoms. The van der Waals surface area contributed by atoms with E-state index < -0.39 is 0 Å². The number of hydrogen-bond donors (Lipinski definition) is 1. The minimum absolute atomic E-state index is 0.704. The predicted molar refractivity (Wildman–Crippen MR) is 78.6 cm³/mol. The summed E-state index contributed by atoms with van der Waals surface area (Å²) in [7, 11) is 0. The average molecular weight is 258 g/mol. The Hall–Kier alpha value is -1.55. The maximum Gasteiger partial charge on any atom is 0.152 e. The first-order chi connectivity index (χ1) is 9.35. The van der Waals surface area contributed by atoms with Gasteiger partial charge in [0, 0.05) is 25.3 Å². The van der Waals surface area contributed by atoms with Gasteiger partial charge in [0.2, 0.25) is 0 Å². The second-order valence-corrected chi connectivity index (χ2v) is 5.11. The number of aromatic nitrogens is 2. The lowest BCUT2D eigenvalue weighted by Crippen LogP contribution is -2.27. The highest BCUT2D eigenvalue weighted by atomic mass is 15.3. The molecule has 19 heavy (non-hydrogen) atoms. The molecule has 0 atom stereocenters. The average Bonchev–Trinajstić information content (AvgIpc) is 3.20. The number of nitrogens with one attached hydrogen (secondary N) is 1. The molecule has 1 fully saturated rings. The Kier molecular flexibility index (Phi) is 3.42. The molecular weight excluding hydrogens is 236 g/mol. The zero-order valence-electron chi connectivity index (χ0n) is 11.8. The largest absolute Gasteiger partial charge is 0.352 e. The highest BCUT2D eigenvalue weighted by Gasteiger charge is 2.31. The summed E-state index contributed by atoms with van der Waals surface area (Å²) in [4.78, 5) is 7.30. The minimum atomic E-state index is 0.704. The van der Waals surface area contributed by atoms with Crippen LogP contribution in [0.1, 0.15) is 32.4 Å². The first-order valence-corrected chi connectivity index (χ1v) is 7.28. The van der Waals surface area contributed by atoms with Crippen molar-refractivity contribution in [1.29, 1.82) is 0 Å². The molecule has 0 saturated heterocycles. The van der Waals surface area contributed by atoms with E-state index in [1.165, 1.54) is 18.5 Å². The van der Waals surface area contributed by atoms with E-state index >= 15 is 0 Å². The maximum atomic E-state index is 4.85. The fourth-order valence-corrected chi connectivity index (χ4v) is 2.64. The van der Waals surface area contributed by atoms with E-state index in [1.54, 1.807) is 0 Å². The lowest BCUT2D eigenvalue weighted by atomic mass is 10.3. The summed E-state index contributed by atoms with van der Waals surface area (Å²) in [6.45, 7) is 7.25. The van der Waals surface area contributed by atoms with Gasteiger partial charge in [-0.05, 0) is 38.4 Å². The van der Waals surface area contributed by atoms with Crippen molar-refractivity contribution in [3.63, 3.8) is 0 Å². The molecular formula is C15H22N4. The summed E-state index contributed by atoms with van der Waals surface area (Å²) in [5.41, 5.74) is 2.33. The number of anilines is 1. The molecule has 102 valence electrons. The van der Waals surface area contributed by atoms with Crippen LogP contribution in [0.25, 0.3) is 5.65 Å². The van der Waals surface area contributed by atoms with E-state index in [0.717, 1.165) is 31.1 Å². The van der Waals surface area contributed by atoms with Gasteiger partial charge < -0.3 is 14.6 Å². The molecule has 0 unspecified atom stereocenters. The van der Waals surface area contributed by atoms with Crippen LogP contribution < -0.4 is 10.2 Å². The fraction of sp³-hybridized carbons (Fsp3) is 0.533. The standard InChI is InChI=1S/C15H22N4/c1-3-16-11-13-15(18(4-2)12-8-9-12)17-14-7-5-6-10-19(13)14/h5-7,10,12,16H,3-4,8-9,11H2,1-2H3. The number of fused-ring (bicyclic) bond motifs is 1. The third-order valence-corrected chi connectivity index (χ3v) is 3.75. The number of hydrogen-bond acceptors (Lipinski definition) is 3. The molecule has 1 saturated carbocycles. The molecule has 4 nitrogen and oxygen atoms in total. The van der Waals surface area contributed by atoms with Crippen molar-refractivity contribution in [2.45, 2.75) is 39.3 Å². The lowest BCUT2D eigenvalue weighted by Gasteiger charge is -2.21. The van der Waals surface area contributed by atoms with Gasteiger partial charge in [-0.25, -0.2) is 4.98 Å². The molecule has 1 aliphatic rings. The van der Waals surface area contributed by atoms with Crippen LogP contribution in [0.3, 0.4) is 0 Å². The number of pyridine rings is 1. The third-order valence-electron chi connectivity index (χ3n) is 3.75. The summed E-state index contributed by atoms with van der Waals surface area (Å²) >= 11 is 0. The van der Waals surface area contributed by atoms with E-state index in [-0.39, 0.29) is 0 Å². The summed E-state index contributed by atoms with van der Waals surface area (Å²) in [6.07, 6.45) is 4.73. The minimum Gasteiger partial charge on any atom is -0.352 e. The van der Waals surface area contributed by atoms with Gasteiger partial charge in [-0.1, -0.05) is 13.0 Å². The van der Waals surface area contributed by atoms with Gasteiger partial charge in [-0.2, -0.15) is 0 Å². The Morgan fingerprint density at radius 1 is 1.37 bits per heavy atom. The second-order valence-electron chi connectivity index (χ2n) is 5.11. The molecule has 2 heterocycles. The lowest BCUT2D eigenvalue weighted by molar-refractivity contribution is 0.697. The van der Waals surface area contributed by atoms with Crippen molar-refractivity contribution in [1.82, 2.24) is 14.7 Å². The van der Waals surface area contributed by atoms with Crippen LogP contribution in [0.2, 0.25) is 0 Å². The molecule has 2 aromatic heterocycles. The van der Waals surface area contributed by atoms with Gasteiger partial charge in [-0.3, -0.25) is 0 Å². The predicted octanol–water partition coefficient (Wildman–Crippen LogP) is 2.43. The summed E-state index contributed by atoms with van der Waals surface area (Å²) in [5.74, 6) is 1.16. The Labute approximate surface area is 114 Å². The molecule has 0 radical (unpaired) electrons. The normalized spacial score (nSPS) is 15.1. The second kappa shape index (κ2) is 5.21. The molecule has 0 spiro atoms. The number of nitrogens with zero attached hydrogens (tertiary/aromatic N) is 3. The molecule has 1 N–H and O–H groups in total. The van der Waals surface area contributed by atoms with Crippen molar-refractivity contribution in [2.75, 3.05) is 18.0 Å². The van der Waals surface area contributed by atoms with E-state index in [0.29, 0.717) is 6.04 Å². The zero-order valence-corrected chi connectivity index (χ0v) is 11.8. The Balaban J connectivity index is 2.05. The fourth-order valence-electron chi connectivity index (χ4n) is 2.64. The van der Waals surface area contributed by atoms with Gasteiger partial charge in [0.15, 0.2) is 5.82 Å². The van der Waals surface area contributed by atoms with Gasteiger partial charge >= 0.3 is 0 Å². The molecule has 0 amide bonds. The van der Waals surface area contributed by atoms with Crippen LogP contribution in [0.5, 0.6) is 0 Å². The first-order valence-electron chi connectivity index (χ1n) is 7.28. The summed E-state index contributed by atoms with van der Waals surface area (Å²) in [6, 6.07) is 6.91. The summed E-state index contributed by atoms with van der Waals surface area (Å²) < 4.78 is 2.21. The van der Waals surface area contributed by atoms with Crippen molar-refractivity contribution in [2.24, 2.45) is 0 Å². The molecule has 0 aromatic carbocycles. The van der Waals surface area contributed by atoms with Crippen LogP contribution in [-0.4, -0.2) is 28.5 Å². The van der Waals surface area contributed by atoms with E-state index in [4.69, 9.17) is 4.98 Å². The molecule has 2 aromatic rings. The SMILES string of the molecule is CCNCc1c(N(CC)C2CC2)nc2ccccn12. The smallest absolute Gasteiger partial charge is 0.152 e. The highest BCUT2D eigenvalue weighted by molar-refractivity contribution is 5.57. The maximum absolute atomic E-state index is 4.85. The Morgan fingerprint density at radius 2 is 2.21 bits per heavy atom. The monoisotopic (exact) mass is 258 g/mol. The Morgan fingerprint density at radius 3 is 2.89 bits per heavy atom. The molecule has 3 rings (SSSR count). The van der Waals surface area contributed by atoms with Gasteiger partial charge in [0.1, 0.15) is 5.65 Å². The van der Waals surface area contributed by atoms with E-state index in [9.17, 15) is 0 Å².